The zero-order valence-corrected chi connectivity index (χ0v) is 9.72. The minimum atomic E-state index is -0.0917. The lowest BCUT2D eigenvalue weighted by atomic mass is 9.99. The van der Waals surface area contributed by atoms with Gasteiger partial charge in [-0.25, -0.2) is 4.79 Å². The third kappa shape index (κ3) is 2.09. The first-order valence-electron chi connectivity index (χ1n) is 5.74. The Labute approximate surface area is 96.0 Å². The predicted octanol–water partition coefficient (Wildman–Crippen LogP) is 2.38. The lowest BCUT2D eigenvalue weighted by molar-refractivity contribution is -0.177. The summed E-state index contributed by atoms with van der Waals surface area (Å²) in [5, 5.41) is 1.78. The van der Waals surface area contributed by atoms with E-state index < -0.39 is 0 Å². The minimum absolute atomic E-state index is 0.0173. The van der Waals surface area contributed by atoms with Crippen LogP contribution in [0.1, 0.15) is 25.8 Å². The topological polar surface area (TPSA) is 29.5 Å². The Balaban J connectivity index is 2.05. The number of carbonyl (C=O) groups is 1. The summed E-state index contributed by atoms with van der Waals surface area (Å²) >= 11 is 0. The fourth-order valence-corrected chi connectivity index (χ4v) is 2.11. The van der Waals surface area contributed by atoms with Gasteiger partial charge in [-0.2, -0.15) is 0 Å². The Hall–Kier alpha value is -1.35. The molecule has 0 spiro atoms. The van der Waals surface area contributed by atoms with Crippen LogP contribution in [0.3, 0.4) is 0 Å². The molecule has 86 valence electrons. The molecular formula is C13H17NO2. The Bertz CT molecular complexity index is 363. The maximum atomic E-state index is 11.6. The molecule has 0 bridgehead atoms. The van der Waals surface area contributed by atoms with Crippen molar-refractivity contribution in [3.8, 4) is 0 Å². The van der Waals surface area contributed by atoms with Gasteiger partial charge in [0.2, 0.25) is 0 Å². The zero-order chi connectivity index (χ0) is 11.5. The van der Waals surface area contributed by atoms with Crippen molar-refractivity contribution < 1.29 is 9.63 Å². The summed E-state index contributed by atoms with van der Waals surface area (Å²) in [6, 6.07) is 10.2. The number of rotatable bonds is 3. The van der Waals surface area contributed by atoms with Gasteiger partial charge in [-0.1, -0.05) is 37.3 Å². The predicted molar refractivity (Wildman–Crippen MR) is 61.3 cm³/mol. The van der Waals surface area contributed by atoms with Crippen molar-refractivity contribution in [3.05, 3.63) is 35.9 Å². The summed E-state index contributed by atoms with van der Waals surface area (Å²) in [5.74, 6) is -0.0744. The van der Waals surface area contributed by atoms with Crippen LogP contribution in [-0.2, 0) is 16.2 Å². The highest BCUT2D eigenvalue weighted by atomic mass is 16.7. The molecule has 2 rings (SSSR count). The third-order valence-electron chi connectivity index (χ3n) is 3.17. The van der Waals surface area contributed by atoms with Gasteiger partial charge in [0.05, 0.1) is 18.5 Å². The van der Waals surface area contributed by atoms with E-state index in [-0.39, 0.29) is 17.9 Å². The van der Waals surface area contributed by atoms with Gasteiger partial charge in [-0.15, -0.1) is 5.06 Å². The molecule has 3 heteroatoms. The minimum Gasteiger partial charge on any atom is -0.367 e. The van der Waals surface area contributed by atoms with E-state index in [1.807, 2.05) is 44.2 Å². The molecule has 0 radical (unpaired) electrons. The molecule has 16 heavy (non-hydrogen) atoms. The molecule has 1 aromatic rings. The van der Waals surface area contributed by atoms with E-state index in [0.29, 0.717) is 6.54 Å². The van der Waals surface area contributed by atoms with Crippen molar-refractivity contribution in [1.82, 2.24) is 5.06 Å². The fraction of sp³-hybridized carbons (Fsp3) is 0.462. The van der Waals surface area contributed by atoms with Gasteiger partial charge in [0, 0.05) is 0 Å². The number of benzene rings is 1. The monoisotopic (exact) mass is 219 g/mol. The number of hydrogen-bond acceptors (Lipinski definition) is 3. The molecule has 0 saturated carbocycles. The molecular weight excluding hydrogens is 202 g/mol. The molecule has 0 amide bonds. The van der Waals surface area contributed by atoms with E-state index in [2.05, 4.69) is 0 Å². The van der Waals surface area contributed by atoms with Gasteiger partial charge >= 0.3 is 5.97 Å². The fourth-order valence-electron chi connectivity index (χ4n) is 2.11. The normalized spacial score (nSPS) is 25.8. The molecule has 0 aliphatic carbocycles. The van der Waals surface area contributed by atoms with Gasteiger partial charge in [0.15, 0.2) is 0 Å². The second kappa shape index (κ2) is 4.66. The first-order valence-corrected chi connectivity index (χ1v) is 5.74. The van der Waals surface area contributed by atoms with Crippen molar-refractivity contribution in [2.75, 3.05) is 0 Å². The van der Waals surface area contributed by atoms with Crippen LogP contribution in [0.15, 0.2) is 30.3 Å². The zero-order valence-electron chi connectivity index (χ0n) is 9.72. The number of nitrogens with zero attached hydrogens (tertiary/aromatic N) is 1. The van der Waals surface area contributed by atoms with E-state index in [1.54, 1.807) is 5.06 Å². The van der Waals surface area contributed by atoms with Crippen molar-refractivity contribution in [3.63, 3.8) is 0 Å². The van der Waals surface area contributed by atoms with E-state index in [9.17, 15) is 4.79 Å². The number of hydroxylamine groups is 2. The van der Waals surface area contributed by atoms with Gasteiger partial charge in [0.1, 0.15) is 0 Å². The highest BCUT2D eigenvalue weighted by Crippen LogP contribution is 2.26. The molecule has 0 N–H and O–H groups in total. The Morgan fingerprint density at radius 3 is 2.56 bits per heavy atom. The first-order chi connectivity index (χ1) is 7.72. The second-order valence-corrected chi connectivity index (χ2v) is 4.23. The molecule has 1 aliphatic rings. The second-order valence-electron chi connectivity index (χ2n) is 4.23. The summed E-state index contributed by atoms with van der Waals surface area (Å²) < 4.78 is 0. The van der Waals surface area contributed by atoms with E-state index in [1.165, 1.54) is 5.56 Å². The standard InChI is InChI=1S/C13H17NO2/c1-3-12-10(2)14(16-13(12)15)9-11-7-5-4-6-8-11/h4-8,10,12H,3,9H2,1-2H3. The van der Waals surface area contributed by atoms with Crippen LogP contribution in [0.5, 0.6) is 0 Å². The summed E-state index contributed by atoms with van der Waals surface area (Å²) in [6.45, 7) is 4.74. The van der Waals surface area contributed by atoms with Crippen LogP contribution in [0.25, 0.3) is 0 Å². The molecule has 1 aliphatic heterocycles. The lowest BCUT2D eigenvalue weighted by Crippen LogP contribution is -2.28. The Kier molecular flexibility index (Phi) is 3.25. The summed E-state index contributed by atoms with van der Waals surface area (Å²) in [4.78, 5) is 16.8. The van der Waals surface area contributed by atoms with Crippen LogP contribution in [-0.4, -0.2) is 17.1 Å². The molecule has 2 unspecified atom stereocenters. The van der Waals surface area contributed by atoms with Crippen molar-refractivity contribution in [2.45, 2.75) is 32.9 Å². The van der Waals surface area contributed by atoms with Crippen molar-refractivity contribution >= 4 is 5.97 Å². The summed E-state index contributed by atoms with van der Waals surface area (Å²) in [7, 11) is 0. The number of hydrogen-bond donors (Lipinski definition) is 0. The third-order valence-corrected chi connectivity index (χ3v) is 3.17. The average Bonchev–Trinajstić information content (AvgIpc) is 2.55. The van der Waals surface area contributed by atoms with Crippen LogP contribution in [0, 0.1) is 5.92 Å². The van der Waals surface area contributed by atoms with Gasteiger partial charge in [-0.3, -0.25) is 0 Å². The molecule has 1 aromatic carbocycles. The van der Waals surface area contributed by atoms with Crippen molar-refractivity contribution in [1.29, 1.82) is 0 Å². The quantitative estimate of drug-likeness (QED) is 0.781. The molecule has 1 fully saturated rings. The van der Waals surface area contributed by atoms with Gasteiger partial charge in [0.25, 0.3) is 0 Å². The lowest BCUT2D eigenvalue weighted by Gasteiger charge is -2.19. The molecule has 1 heterocycles. The van der Waals surface area contributed by atoms with E-state index in [0.717, 1.165) is 6.42 Å². The SMILES string of the molecule is CCC1C(=O)ON(Cc2ccccc2)C1C. The van der Waals surface area contributed by atoms with E-state index in [4.69, 9.17) is 4.84 Å². The maximum Gasteiger partial charge on any atom is 0.329 e. The van der Waals surface area contributed by atoms with E-state index >= 15 is 0 Å². The molecule has 2 atom stereocenters. The van der Waals surface area contributed by atoms with Gasteiger partial charge < -0.3 is 4.84 Å². The molecule has 1 saturated heterocycles. The summed E-state index contributed by atoms with van der Waals surface area (Å²) in [6.07, 6.45) is 0.839. The Morgan fingerprint density at radius 2 is 2.00 bits per heavy atom. The Morgan fingerprint density at radius 1 is 1.31 bits per heavy atom. The first kappa shape index (κ1) is 11.1. The van der Waals surface area contributed by atoms with Crippen molar-refractivity contribution in [2.24, 2.45) is 5.92 Å². The summed E-state index contributed by atoms with van der Waals surface area (Å²) in [5.41, 5.74) is 1.17. The highest BCUT2D eigenvalue weighted by Gasteiger charge is 2.38. The van der Waals surface area contributed by atoms with Crippen LogP contribution in [0.2, 0.25) is 0 Å². The maximum absolute atomic E-state index is 11.6. The molecule has 0 aromatic heterocycles. The molecule has 3 nitrogen and oxygen atoms in total. The average molecular weight is 219 g/mol. The van der Waals surface area contributed by atoms with Crippen LogP contribution >= 0.6 is 0 Å². The van der Waals surface area contributed by atoms with Crippen LogP contribution in [0.4, 0.5) is 0 Å². The smallest absolute Gasteiger partial charge is 0.329 e. The highest BCUT2D eigenvalue weighted by molar-refractivity contribution is 5.74. The number of carbonyl (C=O) groups excluding carboxylic acids is 1. The largest absolute Gasteiger partial charge is 0.367 e. The van der Waals surface area contributed by atoms with Gasteiger partial charge in [-0.05, 0) is 18.9 Å². The van der Waals surface area contributed by atoms with Crippen LogP contribution < -0.4 is 0 Å².